The Labute approximate surface area is 116 Å². The van der Waals surface area contributed by atoms with Gasteiger partial charge in [0.2, 0.25) is 0 Å². The predicted molar refractivity (Wildman–Crippen MR) is 72.3 cm³/mol. The standard InChI is InChI=1S/C13H13ClN4O/c14-7-11-13(16-12-3-1-2-4-18(11)12)17-5-6-19-10(8-15)9-17/h1-4,10H,5-7,9H2. The summed E-state index contributed by atoms with van der Waals surface area (Å²) in [4.78, 5) is 6.69. The first-order chi connectivity index (χ1) is 9.33. The van der Waals surface area contributed by atoms with Crippen LogP contribution in [0.25, 0.3) is 5.65 Å². The molecule has 3 heterocycles. The summed E-state index contributed by atoms with van der Waals surface area (Å²) < 4.78 is 7.34. The summed E-state index contributed by atoms with van der Waals surface area (Å²) >= 11 is 6.06. The normalized spacial score (nSPS) is 19.6. The number of nitriles is 1. The number of fused-ring (bicyclic) bond motifs is 1. The second-order valence-electron chi connectivity index (χ2n) is 4.38. The van der Waals surface area contributed by atoms with Gasteiger partial charge in [0.05, 0.1) is 30.8 Å². The van der Waals surface area contributed by atoms with Crippen LogP contribution in [0.2, 0.25) is 0 Å². The minimum absolute atomic E-state index is 0.384. The molecule has 1 atom stereocenters. The van der Waals surface area contributed by atoms with Gasteiger partial charge < -0.3 is 14.0 Å². The molecule has 98 valence electrons. The van der Waals surface area contributed by atoms with Crippen LogP contribution >= 0.6 is 11.6 Å². The van der Waals surface area contributed by atoms with E-state index in [1.165, 1.54) is 0 Å². The van der Waals surface area contributed by atoms with Gasteiger partial charge in [-0.3, -0.25) is 0 Å². The van der Waals surface area contributed by atoms with Crippen molar-refractivity contribution in [1.29, 1.82) is 5.26 Å². The van der Waals surface area contributed by atoms with Gasteiger partial charge in [0.15, 0.2) is 11.9 Å². The molecule has 6 heteroatoms. The number of anilines is 1. The molecule has 2 aromatic rings. The second kappa shape index (κ2) is 5.08. The van der Waals surface area contributed by atoms with E-state index in [0.717, 1.165) is 23.7 Å². The van der Waals surface area contributed by atoms with E-state index in [9.17, 15) is 0 Å². The van der Waals surface area contributed by atoms with Crippen LogP contribution < -0.4 is 4.90 Å². The highest BCUT2D eigenvalue weighted by Gasteiger charge is 2.24. The van der Waals surface area contributed by atoms with E-state index in [1.807, 2.05) is 28.8 Å². The SMILES string of the molecule is N#CC1CN(c2nc3ccccn3c2CCl)CCO1. The molecule has 0 spiro atoms. The van der Waals surface area contributed by atoms with Crippen molar-refractivity contribution in [1.82, 2.24) is 9.38 Å². The first kappa shape index (κ1) is 12.3. The quantitative estimate of drug-likeness (QED) is 0.785. The summed E-state index contributed by atoms with van der Waals surface area (Å²) in [6.45, 7) is 1.80. The average molecular weight is 277 g/mol. The molecule has 1 aliphatic heterocycles. The molecule has 2 aromatic heterocycles. The lowest BCUT2D eigenvalue weighted by atomic mass is 10.3. The highest BCUT2D eigenvalue weighted by molar-refractivity contribution is 6.17. The zero-order chi connectivity index (χ0) is 13.2. The topological polar surface area (TPSA) is 53.6 Å². The van der Waals surface area contributed by atoms with Crippen LogP contribution in [-0.4, -0.2) is 35.2 Å². The summed E-state index contributed by atoms with van der Waals surface area (Å²) in [7, 11) is 0. The Balaban J connectivity index is 2.02. The van der Waals surface area contributed by atoms with Gasteiger partial charge in [0.1, 0.15) is 5.65 Å². The molecule has 5 nitrogen and oxygen atoms in total. The van der Waals surface area contributed by atoms with Crippen LogP contribution in [0.3, 0.4) is 0 Å². The molecule has 1 saturated heterocycles. The van der Waals surface area contributed by atoms with Crippen molar-refractivity contribution in [3.05, 3.63) is 30.1 Å². The van der Waals surface area contributed by atoms with Crippen molar-refractivity contribution >= 4 is 23.1 Å². The number of hydrogen-bond acceptors (Lipinski definition) is 4. The Morgan fingerprint density at radius 1 is 1.53 bits per heavy atom. The van der Waals surface area contributed by atoms with Gasteiger partial charge in [-0.2, -0.15) is 5.26 Å². The van der Waals surface area contributed by atoms with Gasteiger partial charge >= 0.3 is 0 Å². The number of pyridine rings is 1. The average Bonchev–Trinajstić information content (AvgIpc) is 2.86. The lowest BCUT2D eigenvalue weighted by Gasteiger charge is -2.30. The molecule has 0 aliphatic carbocycles. The van der Waals surface area contributed by atoms with Gasteiger partial charge in [0, 0.05) is 12.7 Å². The fourth-order valence-electron chi connectivity index (χ4n) is 2.33. The first-order valence-corrected chi connectivity index (χ1v) is 6.65. The maximum absolute atomic E-state index is 8.97. The Morgan fingerprint density at radius 2 is 2.42 bits per heavy atom. The molecule has 0 saturated carbocycles. The lowest BCUT2D eigenvalue weighted by Crippen LogP contribution is -2.42. The summed E-state index contributed by atoms with van der Waals surface area (Å²) in [5.74, 6) is 1.24. The van der Waals surface area contributed by atoms with Crippen LogP contribution in [0.15, 0.2) is 24.4 Å². The molecule has 0 aromatic carbocycles. The number of ether oxygens (including phenoxy) is 1. The number of imidazole rings is 1. The van der Waals surface area contributed by atoms with Crippen molar-refractivity contribution in [3.63, 3.8) is 0 Å². The van der Waals surface area contributed by atoms with Crippen LogP contribution in [0.1, 0.15) is 5.69 Å². The maximum Gasteiger partial charge on any atom is 0.161 e. The number of rotatable bonds is 2. The van der Waals surface area contributed by atoms with E-state index in [-0.39, 0.29) is 0 Å². The van der Waals surface area contributed by atoms with Crippen molar-refractivity contribution < 1.29 is 4.74 Å². The zero-order valence-electron chi connectivity index (χ0n) is 10.3. The van der Waals surface area contributed by atoms with Gasteiger partial charge in [-0.05, 0) is 12.1 Å². The second-order valence-corrected chi connectivity index (χ2v) is 4.65. The van der Waals surface area contributed by atoms with E-state index in [4.69, 9.17) is 21.6 Å². The molecule has 19 heavy (non-hydrogen) atoms. The van der Waals surface area contributed by atoms with Gasteiger partial charge in [0.25, 0.3) is 0 Å². The number of morpholine rings is 1. The smallest absolute Gasteiger partial charge is 0.161 e. The fourth-order valence-corrected chi connectivity index (χ4v) is 2.58. The monoisotopic (exact) mass is 276 g/mol. The number of aromatic nitrogens is 2. The summed E-state index contributed by atoms with van der Waals surface area (Å²) in [5.41, 5.74) is 1.82. The van der Waals surface area contributed by atoms with E-state index in [0.29, 0.717) is 19.0 Å². The van der Waals surface area contributed by atoms with E-state index in [1.54, 1.807) is 0 Å². The minimum atomic E-state index is -0.401. The Morgan fingerprint density at radius 3 is 3.21 bits per heavy atom. The van der Waals surface area contributed by atoms with Crippen molar-refractivity contribution in [2.24, 2.45) is 0 Å². The third-order valence-electron chi connectivity index (χ3n) is 3.24. The highest BCUT2D eigenvalue weighted by Crippen LogP contribution is 2.25. The molecule has 0 amide bonds. The summed E-state index contributed by atoms with van der Waals surface area (Å²) in [6.07, 6.45) is 1.55. The molecule has 0 bridgehead atoms. The largest absolute Gasteiger partial charge is 0.360 e. The highest BCUT2D eigenvalue weighted by atomic mass is 35.5. The molecule has 1 aliphatic rings. The van der Waals surface area contributed by atoms with Crippen LogP contribution in [0, 0.1) is 11.3 Å². The number of nitrogens with zero attached hydrogens (tertiary/aromatic N) is 4. The first-order valence-electron chi connectivity index (χ1n) is 6.11. The van der Waals surface area contributed by atoms with Gasteiger partial charge in [-0.1, -0.05) is 6.07 Å². The van der Waals surface area contributed by atoms with E-state index < -0.39 is 6.10 Å². The Bertz CT molecular complexity index is 633. The lowest BCUT2D eigenvalue weighted by molar-refractivity contribution is 0.0761. The predicted octanol–water partition coefficient (Wildman–Crippen LogP) is 1.80. The molecule has 0 radical (unpaired) electrons. The number of alkyl halides is 1. The molecule has 1 fully saturated rings. The third-order valence-corrected chi connectivity index (χ3v) is 3.50. The third kappa shape index (κ3) is 2.14. The van der Waals surface area contributed by atoms with Crippen molar-refractivity contribution in [3.8, 4) is 6.07 Å². The molecule has 3 rings (SSSR count). The van der Waals surface area contributed by atoms with Crippen LogP contribution in [0.5, 0.6) is 0 Å². The van der Waals surface area contributed by atoms with Crippen molar-refractivity contribution in [2.45, 2.75) is 12.0 Å². The van der Waals surface area contributed by atoms with E-state index >= 15 is 0 Å². The number of hydrogen-bond donors (Lipinski definition) is 0. The van der Waals surface area contributed by atoms with Crippen LogP contribution in [-0.2, 0) is 10.6 Å². The molecular weight excluding hydrogens is 264 g/mol. The van der Waals surface area contributed by atoms with E-state index in [2.05, 4.69) is 16.0 Å². The van der Waals surface area contributed by atoms with Gasteiger partial charge in [-0.15, -0.1) is 11.6 Å². The molecule has 0 N–H and O–H groups in total. The molecule has 1 unspecified atom stereocenters. The maximum atomic E-state index is 8.97. The summed E-state index contributed by atoms with van der Waals surface area (Å²) in [5, 5.41) is 8.97. The van der Waals surface area contributed by atoms with Gasteiger partial charge in [-0.25, -0.2) is 4.98 Å². The zero-order valence-corrected chi connectivity index (χ0v) is 11.0. The van der Waals surface area contributed by atoms with Crippen LogP contribution in [0.4, 0.5) is 5.82 Å². The summed E-state index contributed by atoms with van der Waals surface area (Å²) in [6, 6.07) is 7.99. The Hall–Kier alpha value is -1.77. The fraction of sp³-hybridized carbons (Fsp3) is 0.385. The van der Waals surface area contributed by atoms with Crippen molar-refractivity contribution in [2.75, 3.05) is 24.6 Å². The molecular formula is C13H13ClN4O. The minimum Gasteiger partial charge on any atom is -0.360 e. The Kier molecular flexibility index (Phi) is 3.28. The number of halogens is 1.